The topological polar surface area (TPSA) is 48.0 Å². The van der Waals surface area contributed by atoms with Gasteiger partial charge in [0, 0.05) is 24.6 Å². The van der Waals surface area contributed by atoms with E-state index in [2.05, 4.69) is 0 Å². The molecule has 0 saturated carbocycles. The molecule has 0 aliphatic heterocycles. The Morgan fingerprint density at radius 2 is 1.62 bits per heavy atom. The summed E-state index contributed by atoms with van der Waals surface area (Å²) in [6, 6.07) is 18.1. The minimum Gasteiger partial charge on any atom is -0.410 e. The summed E-state index contributed by atoms with van der Waals surface area (Å²) in [7, 11) is 3.09. The summed E-state index contributed by atoms with van der Waals surface area (Å²) < 4.78 is 16.6. The summed E-state index contributed by atoms with van der Waals surface area (Å²) in [5.74, 6) is 0.404. The monoisotopic (exact) mass is 413 g/mol. The molecule has 0 bridgehead atoms. The Labute approximate surface area is 175 Å². The first kappa shape index (κ1) is 21.1. The molecule has 1 unspecified atom stereocenters. The van der Waals surface area contributed by atoms with E-state index in [9.17, 15) is 4.79 Å². The number of anilines is 1. The van der Waals surface area contributed by atoms with Gasteiger partial charge in [0.2, 0.25) is 0 Å². The number of carbonyl (C=O) groups excluding carboxylic acids is 1. The summed E-state index contributed by atoms with van der Waals surface area (Å²) in [6.07, 6.45) is -1.16. The third-order valence-corrected chi connectivity index (χ3v) is 5.08. The Bertz CT molecular complexity index is 986. The molecule has 152 valence electrons. The number of hydrogen-bond donors (Lipinski definition) is 0. The highest BCUT2D eigenvalue weighted by molar-refractivity contribution is 6.30. The molecule has 0 aliphatic carbocycles. The lowest BCUT2D eigenvalue weighted by Crippen LogP contribution is -2.48. The molecule has 3 aromatic carbocycles. The van der Waals surface area contributed by atoms with Gasteiger partial charge in [0.1, 0.15) is 5.75 Å². The van der Waals surface area contributed by atoms with E-state index < -0.39 is 18.4 Å². The average molecular weight is 414 g/mol. The smallest absolute Gasteiger partial charge is 0.410 e. The van der Waals surface area contributed by atoms with Gasteiger partial charge in [-0.25, -0.2) is 4.79 Å². The van der Waals surface area contributed by atoms with E-state index in [1.165, 1.54) is 0 Å². The van der Waals surface area contributed by atoms with Crippen molar-refractivity contribution in [2.24, 2.45) is 0 Å². The van der Waals surface area contributed by atoms with Crippen molar-refractivity contribution < 1.29 is 19.0 Å². The Balaban J connectivity index is 2.10. The van der Waals surface area contributed by atoms with Crippen LogP contribution in [0.2, 0.25) is 5.02 Å². The van der Waals surface area contributed by atoms with Gasteiger partial charge in [0.05, 0.1) is 11.7 Å². The van der Waals surface area contributed by atoms with Gasteiger partial charge in [-0.15, -0.1) is 0 Å². The Morgan fingerprint density at radius 3 is 2.28 bits per heavy atom. The number of amides is 1. The fourth-order valence-corrected chi connectivity index (χ4v) is 3.54. The van der Waals surface area contributed by atoms with Crippen molar-refractivity contribution in [1.29, 1.82) is 0 Å². The third-order valence-electron chi connectivity index (χ3n) is 4.82. The molecule has 3 aromatic rings. The zero-order valence-corrected chi connectivity index (χ0v) is 17.6. The summed E-state index contributed by atoms with van der Waals surface area (Å²) in [4.78, 5) is 14.9. The fraction of sp³-hybridized carbons (Fsp3) is 0.261. The maximum Gasteiger partial charge on any atom is 0.420 e. The van der Waals surface area contributed by atoms with Gasteiger partial charge in [0.15, 0.2) is 6.29 Å². The molecule has 1 atom stereocenters. The van der Waals surface area contributed by atoms with Gasteiger partial charge < -0.3 is 14.2 Å². The largest absolute Gasteiger partial charge is 0.420 e. The summed E-state index contributed by atoms with van der Waals surface area (Å²) >= 11 is 5.94. The molecule has 6 heteroatoms. The number of nitrogens with zero attached hydrogens (tertiary/aromatic N) is 1. The van der Waals surface area contributed by atoms with Gasteiger partial charge in [-0.1, -0.05) is 48.0 Å². The van der Waals surface area contributed by atoms with E-state index in [-0.39, 0.29) is 0 Å². The van der Waals surface area contributed by atoms with Crippen LogP contribution in [0.4, 0.5) is 10.5 Å². The van der Waals surface area contributed by atoms with E-state index in [0.717, 1.165) is 22.0 Å². The van der Waals surface area contributed by atoms with Crippen LogP contribution >= 0.6 is 11.6 Å². The summed E-state index contributed by atoms with van der Waals surface area (Å²) in [5.41, 5.74) is 1.70. The van der Waals surface area contributed by atoms with Crippen molar-refractivity contribution in [3.8, 4) is 5.75 Å². The number of halogens is 1. The number of carbonyl (C=O) groups is 1. The second kappa shape index (κ2) is 9.27. The fourth-order valence-electron chi connectivity index (χ4n) is 3.41. The molecule has 0 aromatic heterocycles. The van der Waals surface area contributed by atoms with Crippen molar-refractivity contribution in [2.75, 3.05) is 19.1 Å². The van der Waals surface area contributed by atoms with Crippen LogP contribution in [0.3, 0.4) is 0 Å². The number of benzene rings is 3. The van der Waals surface area contributed by atoms with Crippen LogP contribution in [0.5, 0.6) is 5.75 Å². The number of aryl methyl sites for hydroxylation is 1. The molecule has 0 saturated heterocycles. The van der Waals surface area contributed by atoms with Gasteiger partial charge >= 0.3 is 6.09 Å². The van der Waals surface area contributed by atoms with Crippen molar-refractivity contribution in [2.45, 2.75) is 26.2 Å². The maximum absolute atomic E-state index is 13.3. The highest BCUT2D eigenvalue weighted by Crippen LogP contribution is 2.33. The molecule has 29 heavy (non-hydrogen) atoms. The molecule has 0 heterocycles. The zero-order valence-electron chi connectivity index (χ0n) is 16.9. The van der Waals surface area contributed by atoms with Crippen LogP contribution in [0.1, 0.15) is 12.5 Å². The van der Waals surface area contributed by atoms with E-state index in [0.29, 0.717) is 10.8 Å². The maximum atomic E-state index is 13.3. The molecular formula is C23H24ClNO4. The second-order valence-corrected chi connectivity index (χ2v) is 7.16. The van der Waals surface area contributed by atoms with E-state index in [4.69, 9.17) is 25.8 Å². The number of fused-ring (bicyclic) bond motifs is 1. The Hall–Kier alpha value is -2.60. The average Bonchev–Trinajstić information content (AvgIpc) is 2.72. The van der Waals surface area contributed by atoms with Crippen molar-refractivity contribution in [1.82, 2.24) is 0 Å². The van der Waals surface area contributed by atoms with E-state index in [1.54, 1.807) is 43.4 Å². The minimum atomic E-state index is -0.633. The van der Waals surface area contributed by atoms with E-state index in [1.807, 2.05) is 50.2 Å². The Kier molecular flexibility index (Phi) is 6.75. The summed E-state index contributed by atoms with van der Waals surface area (Å²) in [5, 5.41) is 2.54. The molecule has 1 amide bonds. The number of rotatable bonds is 6. The van der Waals surface area contributed by atoms with Gasteiger partial charge in [-0.2, -0.15) is 0 Å². The molecule has 0 N–H and O–H groups in total. The predicted molar refractivity (Wildman–Crippen MR) is 116 cm³/mol. The molecule has 0 fully saturated rings. The zero-order chi connectivity index (χ0) is 21.0. The van der Waals surface area contributed by atoms with Gasteiger partial charge in [-0.05, 0) is 49.1 Å². The number of hydrogen-bond acceptors (Lipinski definition) is 4. The lowest BCUT2D eigenvalue weighted by atomic mass is 10.0. The number of ether oxygens (including phenoxy) is 3. The lowest BCUT2D eigenvalue weighted by Gasteiger charge is -2.34. The summed E-state index contributed by atoms with van der Waals surface area (Å²) in [6.45, 7) is 3.83. The van der Waals surface area contributed by atoms with Crippen LogP contribution < -0.4 is 9.64 Å². The first-order valence-corrected chi connectivity index (χ1v) is 9.64. The highest BCUT2D eigenvalue weighted by Gasteiger charge is 2.32. The van der Waals surface area contributed by atoms with Gasteiger partial charge in [-0.3, -0.25) is 4.90 Å². The van der Waals surface area contributed by atoms with Crippen LogP contribution in [0.25, 0.3) is 10.8 Å². The van der Waals surface area contributed by atoms with Crippen LogP contribution in [0.15, 0.2) is 60.7 Å². The van der Waals surface area contributed by atoms with Crippen LogP contribution in [-0.2, 0) is 9.47 Å². The number of methoxy groups -OCH3 is 2. The molecule has 0 aliphatic rings. The first-order valence-electron chi connectivity index (χ1n) is 9.26. The van der Waals surface area contributed by atoms with Crippen LogP contribution in [0, 0.1) is 6.92 Å². The molecule has 0 spiro atoms. The van der Waals surface area contributed by atoms with E-state index >= 15 is 0 Å². The van der Waals surface area contributed by atoms with Crippen LogP contribution in [-0.4, -0.2) is 32.6 Å². The molecular weight excluding hydrogens is 390 g/mol. The standard InChI is InChI=1S/C23H24ClNO4/c1-15-9-10-17-7-5-6-8-20(17)21(15)25(16(2)22(27-3)28-4)23(26)29-19-13-11-18(24)12-14-19/h5-14,16,22H,1-4H3. The normalized spacial score (nSPS) is 12.2. The SMILES string of the molecule is COC(OC)C(C)N(C(=O)Oc1ccc(Cl)cc1)c1c(C)ccc2ccccc12. The van der Waals surface area contributed by atoms with Crippen molar-refractivity contribution in [3.63, 3.8) is 0 Å². The lowest BCUT2D eigenvalue weighted by molar-refractivity contribution is -0.113. The van der Waals surface area contributed by atoms with Crippen molar-refractivity contribution in [3.05, 3.63) is 71.2 Å². The second-order valence-electron chi connectivity index (χ2n) is 6.72. The molecule has 5 nitrogen and oxygen atoms in total. The predicted octanol–water partition coefficient (Wildman–Crippen LogP) is 5.81. The minimum absolute atomic E-state index is 0.404. The Morgan fingerprint density at radius 1 is 0.966 bits per heavy atom. The quantitative estimate of drug-likeness (QED) is 0.478. The van der Waals surface area contributed by atoms with Gasteiger partial charge in [0.25, 0.3) is 0 Å². The molecule has 0 radical (unpaired) electrons. The first-order chi connectivity index (χ1) is 14.0. The molecule has 3 rings (SSSR count). The highest BCUT2D eigenvalue weighted by atomic mass is 35.5. The van der Waals surface area contributed by atoms with Crippen molar-refractivity contribution >= 4 is 34.2 Å². The third kappa shape index (κ3) is 4.53.